The zero-order valence-electron chi connectivity index (χ0n) is 22.0. The van der Waals surface area contributed by atoms with Gasteiger partial charge in [0, 0.05) is 13.0 Å². The summed E-state index contributed by atoms with van der Waals surface area (Å²) in [6.07, 6.45) is 1.84. The van der Waals surface area contributed by atoms with Crippen LogP contribution in [0.3, 0.4) is 0 Å². The number of methoxy groups -OCH3 is 2. The lowest BCUT2D eigenvalue weighted by molar-refractivity contribution is -0.120. The van der Waals surface area contributed by atoms with E-state index in [0.717, 1.165) is 41.0 Å². The SMILES string of the molecule is COc1ccc(CC(=O)NCCCc2nc3ccccc3n2CCOc2cc(C)cc(C)c2)cc1OC. The molecule has 7 heteroatoms. The van der Waals surface area contributed by atoms with Gasteiger partial charge in [-0.25, -0.2) is 4.98 Å². The van der Waals surface area contributed by atoms with Gasteiger partial charge in [0.1, 0.15) is 18.2 Å². The zero-order chi connectivity index (χ0) is 26.2. The number of hydrogen-bond donors (Lipinski definition) is 1. The van der Waals surface area contributed by atoms with Crippen LogP contribution in [-0.4, -0.2) is 42.8 Å². The van der Waals surface area contributed by atoms with E-state index in [4.69, 9.17) is 19.2 Å². The molecule has 0 unspecified atom stereocenters. The molecule has 0 aliphatic rings. The number of para-hydroxylation sites is 2. The molecule has 1 aromatic heterocycles. The second-order valence-electron chi connectivity index (χ2n) is 9.16. The molecule has 7 nitrogen and oxygen atoms in total. The lowest BCUT2D eigenvalue weighted by atomic mass is 10.1. The Morgan fingerprint density at radius 2 is 1.70 bits per heavy atom. The van der Waals surface area contributed by atoms with Gasteiger partial charge in [0.2, 0.25) is 5.91 Å². The summed E-state index contributed by atoms with van der Waals surface area (Å²) in [4.78, 5) is 17.3. The van der Waals surface area contributed by atoms with Gasteiger partial charge in [-0.1, -0.05) is 24.3 Å². The van der Waals surface area contributed by atoms with Gasteiger partial charge in [-0.3, -0.25) is 4.79 Å². The molecule has 4 rings (SSSR count). The number of imidazole rings is 1. The first-order chi connectivity index (χ1) is 18.0. The molecule has 0 aliphatic heterocycles. The topological polar surface area (TPSA) is 74.6 Å². The summed E-state index contributed by atoms with van der Waals surface area (Å²) in [7, 11) is 3.18. The van der Waals surface area contributed by atoms with Crippen LogP contribution in [0.2, 0.25) is 0 Å². The Bertz CT molecular complexity index is 1340. The highest BCUT2D eigenvalue weighted by molar-refractivity contribution is 5.79. The van der Waals surface area contributed by atoms with E-state index in [2.05, 4.69) is 48.0 Å². The number of carbonyl (C=O) groups is 1. The molecule has 1 heterocycles. The minimum Gasteiger partial charge on any atom is -0.493 e. The third kappa shape index (κ3) is 6.82. The number of aromatic nitrogens is 2. The highest BCUT2D eigenvalue weighted by atomic mass is 16.5. The van der Waals surface area contributed by atoms with Crippen LogP contribution in [0.25, 0.3) is 11.0 Å². The van der Waals surface area contributed by atoms with E-state index in [1.807, 2.05) is 36.4 Å². The van der Waals surface area contributed by atoms with Crippen molar-refractivity contribution >= 4 is 16.9 Å². The quantitative estimate of drug-likeness (QED) is 0.275. The van der Waals surface area contributed by atoms with Crippen molar-refractivity contribution in [1.29, 1.82) is 0 Å². The van der Waals surface area contributed by atoms with Crippen molar-refractivity contribution in [3.8, 4) is 17.2 Å². The number of hydrogen-bond acceptors (Lipinski definition) is 5. The van der Waals surface area contributed by atoms with E-state index in [9.17, 15) is 4.79 Å². The molecular weight excluding hydrogens is 466 g/mol. The molecule has 0 atom stereocenters. The summed E-state index contributed by atoms with van der Waals surface area (Å²) in [6, 6.07) is 19.9. The van der Waals surface area contributed by atoms with Crippen LogP contribution in [0.5, 0.6) is 17.2 Å². The van der Waals surface area contributed by atoms with Gasteiger partial charge in [0.15, 0.2) is 11.5 Å². The Balaban J connectivity index is 1.32. The summed E-state index contributed by atoms with van der Waals surface area (Å²) >= 11 is 0. The predicted octanol–water partition coefficient (Wildman–Crippen LogP) is 5.04. The number of rotatable bonds is 12. The van der Waals surface area contributed by atoms with Crippen molar-refractivity contribution in [2.45, 2.75) is 39.7 Å². The number of aryl methyl sites for hydroxylation is 3. The standard InChI is InChI=1S/C30H35N3O4/c1-21-16-22(2)18-24(17-21)37-15-14-33-26-9-6-5-8-25(26)32-29(33)10-7-13-31-30(34)20-23-11-12-27(35-3)28(19-23)36-4/h5-6,8-9,11-12,16-19H,7,10,13-15,20H2,1-4H3,(H,31,34). The summed E-state index contributed by atoms with van der Waals surface area (Å²) in [5, 5.41) is 3.02. The molecule has 1 N–H and O–H groups in total. The number of amides is 1. The number of nitrogens with zero attached hydrogens (tertiary/aromatic N) is 2. The second kappa shape index (κ2) is 12.3. The minimum atomic E-state index is -0.0254. The van der Waals surface area contributed by atoms with Crippen LogP contribution in [0, 0.1) is 13.8 Å². The lowest BCUT2D eigenvalue weighted by Crippen LogP contribution is -2.26. The second-order valence-corrected chi connectivity index (χ2v) is 9.16. The summed E-state index contributed by atoms with van der Waals surface area (Å²) in [6.45, 7) is 5.99. The van der Waals surface area contributed by atoms with Crippen molar-refractivity contribution in [2.24, 2.45) is 0 Å². The smallest absolute Gasteiger partial charge is 0.224 e. The number of nitrogens with one attached hydrogen (secondary N) is 1. The monoisotopic (exact) mass is 501 g/mol. The van der Waals surface area contributed by atoms with Crippen molar-refractivity contribution in [2.75, 3.05) is 27.4 Å². The van der Waals surface area contributed by atoms with Gasteiger partial charge in [-0.05, 0) is 73.4 Å². The van der Waals surface area contributed by atoms with E-state index in [0.29, 0.717) is 31.2 Å². The van der Waals surface area contributed by atoms with Gasteiger partial charge in [0.05, 0.1) is 38.2 Å². The molecule has 0 saturated carbocycles. The van der Waals surface area contributed by atoms with Gasteiger partial charge in [-0.2, -0.15) is 0 Å². The number of carbonyl (C=O) groups excluding carboxylic acids is 1. The first-order valence-corrected chi connectivity index (χ1v) is 12.6. The fourth-order valence-electron chi connectivity index (χ4n) is 4.55. The van der Waals surface area contributed by atoms with Gasteiger partial charge >= 0.3 is 0 Å². The first-order valence-electron chi connectivity index (χ1n) is 12.6. The van der Waals surface area contributed by atoms with Crippen LogP contribution in [0.1, 0.15) is 28.9 Å². The summed E-state index contributed by atoms with van der Waals surface area (Å²) < 4.78 is 18.9. The van der Waals surface area contributed by atoms with Crippen LogP contribution in [-0.2, 0) is 24.2 Å². The first kappa shape index (κ1) is 26.1. The molecule has 4 aromatic rings. The molecule has 1 amide bonds. The maximum absolute atomic E-state index is 12.5. The maximum Gasteiger partial charge on any atom is 0.224 e. The molecule has 0 aliphatic carbocycles. The minimum absolute atomic E-state index is 0.0254. The van der Waals surface area contributed by atoms with Crippen molar-refractivity contribution in [3.05, 3.63) is 83.2 Å². The van der Waals surface area contributed by atoms with Crippen LogP contribution < -0.4 is 19.5 Å². The Morgan fingerprint density at radius 3 is 2.46 bits per heavy atom. The van der Waals surface area contributed by atoms with Crippen LogP contribution in [0.4, 0.5) is 0 Å². The van der Waals surface area contributed by atoms with E-state index < -0.39 is 0 Å². The highest BCUT2D eigenvalue weighted by Gasteiger charge is 2.12. The van der Waals surface area contributed by atoms with Gasteiger partial charge in [0.25, 0.3) is 0 Å². The molecule has 3 aromatic carbocycles. The van der Waals surface area contributed by atoms with Crippen molar-refractivity contribution in [3.63, 3.8) is 0 Å². The fraction of sp³-hybridized carbons (Fsp3) is 0.333. The molecule has 37 heavy (non-hydrogen) atoms. The van der Waals surface area contributed by atoms with Crippen LogP contribution >= 0.6 is 0 Å². The fourth-order valence-corrected chi connectivity index (χ4v) is 4.55. The molecule has 194 valence electrons. The van der Waals surface area contributed by atoms with E-state index >= 15 is 0 Å². The van der Waals surface area contributed by atoms with E-state index in [1.165, 1.54) is 11.1 Å². The molecule has 0 fully saturated rings. The Labute approximate surface area is 218 Å². The lowest BCUT2D eigenvalue weighted by Gasteiger charge is -2.12. The maximum atomic E-state index is 12.5. The average molecular weight is 502 g/mol. The number of ether oxygens (including phenoxy) is 3. The van der Waals surface area contributed by atoms with Crippen molar-refractivity contribution in [1.82, 2.24) is 14.9 Å². The van der Waals surface area contributed by atoms with Crippen molar-refractivity contribution < 1.29 is 19.0 Å². The normalized spacial score (nSPS) is 10.9. The van der Waals surface area contributed by atoms with Gasteiger partial charge < -0.3 is 24.1 Å². The Morgan fingerprint density at radius 1 is 0.946 bits per heavy atom. The average Bonchev–Trinajstić information content (AvgIpc) is 3.23. The summed E-state index contributed by atoms with van der Waals surface area (Å²) in [5.41, 5.74) is 5.33. The molecular formula is C30H35N3O4. The van der Waals surface area contributed by atoms with E-state index in [1.54, 1.807) is 14.2 Å². The molecule has 0 saturated heterocycles. The van der Waals surface area contributed by atoms with E-state index in [-0.39, 0.29) is 12.3 Å². The highest BCUT2D eigenvalue weighted by Crippen LogP contribution is 2.27. The molecule has 0 bridgehead atoms. The number of benzene rings is 3. The summed E-state index contributed by atoms with van der Waals surface area (Å²) in [5.74, 6) is 3.13. The third-order valence-corrected chi connectivity index (χ3v) is 6.22. The van der Waals surface area contributed by atoms with Gasteiger partial charge in [-0.15, -0.1) is 0 Å². The zero-order valence-corrected chi connectivity index (χ0v) is 22.0. The Kier molecular flexibility index (Phi) is 8.67. The molecule has 0 spiro atoms. The Hall–Kier alpha value is -4.00. The number of fused-ring (bicyclic) bond motifs is 1. The molecule has 0 radical (unpaired) electrons. The largest absolute Gasteiger partial charge is 0.493 e. The third-order valence-electron chi connectivity index (χ3n) is 6.22. The van der Waals surface area contributed by atoms with Crippen LogP contribution in [0.15, 0.2) is 60.7 Å². The predicted molar refractivity (Wildman–Crippen MR) is 146 cm³/mol.